The fourth-order valence-electron chi connectivity index (χ4n) is 2.38. The fourth-order valence-corrected chi connectivity index (χ4v) is 2.83. The minimum Gasteiger partial charge on any atom is -0.314 e. The summed E-state index contributed by atoms with van der Waals surface area (Å²) in [5.41, 5.74) is 2.40. The van der Waals surface area contributed by atoms with E-state index in [1.54, 1.807) is 4.68 Å². The van der Waals surface area contributed by atoms with Crippen molar-refractivity contribution in [3.8, 4) is 0 Å². The maximum Gasteiger partial charge on any atom is 0.0830 e. The van der Waals surface area contributed by atoms with Gasteiger partial charge in [-0.25, -0.2) is 0 Å². The van der Waals surface area contributed by atoms with Crippen molar-refractivity contribution in [1.29, 1.82) is 0 Å². The van der Waals surface area contributed by atoms with Crippen molar-refractivity contribution < 1.29 is 0 Å². The van der Waals surface area contributed by atoms with Crippen molar-refractivity contribution in [1.82, 2.24) is 20.3 Å². The molecule has 4 nitrogen and oxygen atoms in total. The molecule has 2 rings (SSSR count). The van der Waals surface area contributed by atoms with Gasteiger partial charge in [-0.3, -0.25) is 4.68 Å². The topological polar surface area (TPSA) is 42.7 Å². The minimum absolute atomic E-state index is 0.494. The standard InChI is InChI=1S/C16H23BrN4/c1-12(2)18-10-13(9-15-11-21(3)20-19-15)8-14-6-4-5-7-16(14)17/h4-7,11-13,18H,8-10H2,1-3H3. The fraction of sp³-hybridized carbons (Fsp3) is 0.500. The summed E-state index contributed by atoms with van der Waals surface area (Å²) in [6, 6.07) is 8.93. The van der Waals surface area contributed by atoms with E-state index in [2.05, 4.69) is 69.7 Å². The number of aromatic nitrogens is 3. The lowest BCUT2D eigenvalue weighted by Gasteiger charge is -2.19. The van der Waals surface area contributed by atoms with E-state index in [-0.39, 0.29) is 0 Å². The van der Waals surface area contributed by atoms with Gasteiger partial charge >= 0.3 is 0 Å². The molecule has 1 aromatic carbocycles. The van der Waals surface area contributed by atoms with Gasteiger partial charge in [-0.1, -0.05) is 53.2 Å². The Morgan fingerprint density at radius 3 is 2.62 bits per heavy atom. The Labute approximate surface area is 135 Å². The number of hydrogen-bond acceptors (Lipinski definition) is 3. The summed E-state index contributed by atoms with van der Waals surface area (Å²) in [6.45, 7) is 5.34. The first kappa shape index (κ1) is 16.2. The van der Waals surface area contributed by atoms with Gasteiger partial charge in [0.15, 0.2) is 0 Å². The molecule has 0 fully saturated rings. The van der Waals surface area contributed by atoms with Crippen LogP contribution in [0.1, 0.15) is 25.1 Å². The molecule has 2 aromatic rings. The normalized spacial score (nSPS) is 12.8. The molecular formula is C16H23BrN4. The molecule has 0 aliphatic rings. The highest BCUT2D eigenvalue weighted by atomic mass is 79.9. The molecule has 0 spiro atoms. The summed E-state index contributed by atoms with van der Waals surface area (Å²) in [5.74, 6) is 0.503. The first-order valence-corrected chi connectivity index (χ1v) is 8.16. The quantitative estimate of drug-likeness (QED) is 0.834. The van der Waals surface area contributed by atoms with Crippen molar-refractivity contribution in [2.45, 2.75) is 32.7 Å². The summed E-state index contributed by atoms with van der Waals surface area (Å²) in [7, 11) is 1.91. The van der Waals surface area contributed by atoms with E-state index >= 15 is 0 Å². The highest BCUT2D eigenvalue weighted by Gasteiger charge is 2.14. The Kier molecular flexibility index (Phi) is 5.94. The van der Waals surface area contributed by atoms with Gasteiger partial charge in [0.1, 0.15) is 0 Å². The molecule has 21 heavy (non-hydrogen) atoms. The number of rotatable bonds is 7. The summed E-state index contributed by atoms with van der Waals surface area (Å²) >= 11 is 3.64. The molecule has 5 heteroatoms. The molecule has 0 saturated carbocycles. The van der Waals surface area contributed by atoms with Crippen LogP contribution < -0.4 is 5.32 Å². The average molecular weight is 351 g/mol. The largest absolute Gasteiger partial charge is 0.314 e. The van der Waals surface area contributed by atoms with Crippen LogP contribution in [0.4, 0.5) is 0 Å². The van der Waals surface area contributed by atoms with E-state index < -0.39 is 0 Å². The summed E-state index contributed by atoms with van der Waals surface area (Å²) in [5, 5.41) is 11.8. The molecule has 0 amide bonds. The first-order valence-electron chi connectivity index (χ1n) is 7.36. The molecule has 1 N–H and O–H groups in total. The Balaban J connectivity index is 2.06. The maximum atomic E-state index is 4.22. The zero-order valence-electron chi connectivity index (χ0n) is 12.9. The second-order valence-electron chi connectivity index (χ2n) is 5.81. The lowest BCUT2D eigenvalue weighted by Crippen LogP contribution is -2.31. The molecular weight excluding hydrogens is 328 g/mol. The Bertz CT molecular complexity index is 565. The van der Waals surface area contributed by atoms with Gasteiger partial charge in [-0.2, -0.15) is 0 Å². The third kappa shape index (κ3) is 5.25. The average Bonchev–Trinajstić information content (AvgIpc) is 2.84. The molecule has 0 aliphatic carbocycles. The number of aryl methyl sites for hydroxylation is 1. The van der Waals surface area contributed by atoms with Crippen molar-refractivity contribution in [3.63, 3.8) is 0 Å². The molecule has 1 aromatic heterocycles. The lowest BCUT2D eigenvalue weighted by molar-refractivity contribution is 0.440. The molecule has 0 radical (unpaired) electrons. The van der Waals surface area contributed by atoms with Crippen LogP contribution in [-0.2, 0) is 19.9 Å². The number of nitrogens with zero attached hydrogens (tertiary/aromatic N) is 3. The number of nitrogens with one attached hydrogen (secondary N) is 1. The number of hydrogen-bond donors (Lipinski definition) is 1. The van der Waals surface area contributed by atoms with Gasteiger partial charge in [0.25, 0.3) is 0 Å². The molecule has 0 aliphatic heterocycles. The Morgan fingerprint density at radius 2 is 2.00 bits per heavy atom. The second-order valence-corrected chi connectivity index (χ2v) is 6.67. The molecule has 0 bridgehead atoms. The SMILES string of the molecule is CC(C)NCC(Cc1cn(C)nn1)Cc1ccccc1Br. The Hall–Kier alpha value is -1.20. The van der Waals surface area contributed by atoms with Gasteiger partial charge in [0.2, 0.25) is 0 Å². The third-order valence-corrected chi connectivity index (χ3v) is 4.20. The van der Waals surface area contributed by atoms with Crippen LogP contribution in [0.15, 0.2) is 34.9 Å². The molecule has 1 atom stereocenters. The van der Waals surface area contributed by atoms with Crippen molar-refractivity contribution in [2.75, 3.05) is 6.54 Å². The summed E-state index contributed by atoms with van der Waals surface area (Å²) < 4.78 is 2.94. The van der Waals surface area contributed by atoms with Crippen LogP contribution in [0.5, 0.6) is 0 Å². The van der Waals surface area contributed by atoms with Crippen LogP contribution >= 0.6 is 15.9 Å². The predicted molar refractivity (Wildman–Crippen MR) is 89.2 cm³/mol. The molecule has 1 heterocycles. The molecule has 0 saturated heterocycles. The Morgan fingerprint density at radius 1 is 1.24 bits per heavy atom. The van der Waals surface area contributed by atoms with E-state index in [0.29, 0.717) is 12.0 Å². The summed E-state index contributed by atoms with van der Waals surface area (Å²) in [4.78, 5) is 0. The minimum atomic E-state index is 0.494. The second kappa shape index (κ2) is 7.71. The number of halogens is 1. The highest BCUT2D eigenvalue weighted by molar-refractivity contribution is 9.10. The third-order valence-electron chi connectivity index (χ3n) is 3.43. The first-order chi connectivity index (χ1) is 10.0. The molecule has 114 valence electrons. The zero-order chi connectivity index (χ0) is 15.2. The van der Waals surface area contributed by atoms with E-state index in [1.165, 1.54) is 10.0 Å². The van der Waals surface area contributed by atoms with Crippen molar-refractivity contribution >= 4 is 15.9 Å². The van der Waals surface area contributed by atoms with Crippen LogP contribution in [0.3, 0.4) is 0 Å². The smallest absolute Gasteiger partial charge is 0.0830 e. The van der Waals surface area contributed by atoms with Crippen LogP contribution in [0, 0.1) is 5.92 Å². The van der Waals surface area contributed by atoms with E-state index in [4.69, 9.17) is 0 Å². The summed E-state index contributed by atoms with van der Waals surface area (Å²) in [6.07, 6.45) is 3.97. The van der Waals surface area contributed by atoms with Crippen molar-refractivity contribution in [2.24, 2.45) is 13.0 Å². The van der Waals surface area contributed by atoms with Gasteiger partial charge in [-0.15, -0.1) is 5.10 Å². The number of benzene rings is 1. The predicted octanol–water partition coefficient (Wildman–Crippen LogP) is 2.98. The van der Waals surface area contributed by atoms with Crippen LogP contribution in [-0.4, -0.2) is 27.6 Å². The van der Waals surface area contributed by atoms with Crippen molar-refractivity contribution in [3.05, 3.63) is 46.2 Å². The van der Waals surface area contributed by atoms with Gasteiger partial charge in [0, 0.05) is 23.8 Å². The zero-order valence-corrected chi connectivity index (χ0v) is 14.5. The van der Waals surface area contributed by atoms with Gasteiger partial charge in [-0.05, 0) is 36.9 Å². The lowest BCUT2D eigenvalue weighted by atomic mass is 9.94. The van der Waals surface area contributed by atoms with E-state index in [1.807, 2.05) is 13.2 Å². The maximum absolute atomic E-state index is 4.22. The highest BCUT2D eigenvalue weighted by Crippen LogP contribution is 2.21. The van der Waals surface area contributed by atoms with Crippen LogP contribution in [0.2, 0.25) is 0 Å². The van der Waals surface area contributed by atoms with Gasteiger partial charge in [0.05, 0.1) is 5.69 Å². The van der Waals surface area contributed by atoms with Gasteiger partial charge < -0.3 is 5.32 Å². The monoisotopic (exact) mass is 350 g/mol. The van der Waals surface area contributed by atoms with E-state index in [0.717, 1.165) is 25.1 Å². The van der Waals surface area contributed by atoms with Crippen LogP contribution in [0.25, 0.3) is 0 Å². The molecule has 1 unspecified atom stereocenters. The van der Waals surface area contributed by atoms with E-state index in [9.17, 15) is 0 Å².